The van der Waals surface area contributed by atoms with E-state index in [4.69, 9.17) is 23.8 Å². The van der Waals surface area contributed by atoms with Crippen LogP contribution >= 0.6 is 0 Å². The number of para-hydroxylation sites is 1. The standard InChI is InChI=1S/C36H45N3O10/c1-27-10-11-28-6-3-5-9-31(28)38(26-29-7-2-4-8-30(27)29)33(41)13-12-32(40)37-17-19-46-21-23-48-25-24-47-22-20-45-18-16-36(44)49-39-34(42)14-15-35(39)43/h2-11,27H,12-26H2,1H3,(H,37,40)/b11-10-. The molecule has 0 saturated carbocycles. The van der Waals surface area contributed by atoms with Gasteiger partial charge in [-0.1, -0.05) is 61.5 Å². The Bertz CT molecular complexity index is 1450. The SMILES string of the molecule is CC1/C=C\c2ccccc2N(C(=O)CCC(=O)NCCOCCOCCOCCOCCC(=O)ON2C(=O)CCC2=O)Cc2ccccc21. The van der Waals surface area contributed by atoms with Crippen molar-refractivity contribution in [3.8, 4) is 0 Å². The van der Waals surface area contributed by atoms with Gasteiger partial charge in [0.1, 0.15) is 0 Å². The molecule has 2 aliphatic heterocycles. The van der Waals surface area contributed by atoms with Gasteiger partial charge >= 0.3 is 5.97 Å². The van der Waals surface area contributed by atoms with Gasteiger partial charge in [-0.3, -0.25) is 19.2 Å². The fraction of sp³-hybridized carbons (Fsp3) is 0.472. The molecule has 4 amide bonds. The third kappa shape index (κ3) is 12.2. The number of amides is 4. The van der Waals surface area contributed by atoms with Crippen LogP contribution in [-0.2, 0) is 54.3 Å². The zero-order valence-corrected chi connectivity index (χ0v) is 27.9. The van der Waals surface area contributed by atoms with E-state index in [0.717, 1.165) is 16.8 Å². The van der Waals surface area contributed by atoms with Crippen molar-refractivity contribution in [2.45, 2.75) is 51.5 Å². The van der Waals surface area contributed by atoms with E-state index in [9.17, 15) is 24.0 Å². The van der Waals surface area contributed by atoms with Crippen molar-refractivity contribution in [3.05, 3.63) is 71.3 Å². The Hall–Kier alpha value is -4.43. The molecule has 2 aromatic rings. The van der Waals surface area contributed by atoms with Crippen LogP contribution in [0.2, 0.25) is 0 Å². The lowest BCUT2D eigenvalue weighted by Crippen LogP contribution is -2.33. The van der Waals surface area contributed by atoms with Crippen molar-refractivity contribution in [1.82, 2.24) is 10.4 Å². The average Bonchev–Trinajstić information content (AvgIpc) is 3.44. The number of fused-ring (bicyclic) bond motifs is 2. The average molecular weight is 680 g/mol. The molecule has 1 atom stereocenters. The molecular formula is C36H45N3O10. The van der Waals surface area contributed by atoms with E-state index in [1.54, 1.807) is 4.90 Å². The first kappa shape index (κ1) is 37.4. The van der Waals surface area contributed by atoms with Crippen molar-refractivity contribution in [1.29, 1.82) is 0 Å². The largest absolute Gasteiger partial charge is 0.378 e. The fourth-order valence-corrected chi connectivity index (χ4v) is 5.26. The van der Waals surface area contributed by atoms with Crippen LogP contribution in [-0.4, -0.2) is 94.1 Å². The van der Waals surface area contributed by atoms with E-state index >= 15 is 0 Å². The monoisotopic (exact) mass is 679 g/mol. The molecule has 0 bridgehead atoms. The van der Waals surface area contributed by atoms with Gasteiger partial charge in [0.15, 0.2) is 0 Å². The minimum Gasteiger partial charge on any atom is -0.378 e. The summed E-state index contributed by atoms with van der Waals surface area (Å²) < 4.78 is 21.7. The molecule has 13 nitrogen and oxygen atoms in total. The molecule has 0 aliphatic carbocycles. The summed E-state index contributed by atoms with van der Waals surface area (Å²) in [5.41, 5.74) is 4.06. The molecule has 2 heterocycles. The Labute approximate surface area is 286 Å². The maximum Gasteiger partial charge on any atom is 0.335 e. The van der Waals surface area contributed by atoms with E-state index in [0.29, 0.717) is 57.8 Å². The molecular weight excluding hydrogens is 634 g/mol. The van der Waals surface area contributed by atoms with Crippen molar-refractivity contribution < 1.29 is 47.8 Å². The van der Waals surface area contributed by atoms with Gasteiger partial charge in [-0.15, -0.1) is 5.06 Å². The number of nitrogens with zero attached hydrogens (tertiary/aromatic N) is 2. The van der Waals surface area contributed by atoms with Crippen molar-refractivity contribution in [2.24, 2.45) is 0 Å². The highest BCUT2D eigenvalue weighted by molar-refractivity contribution is 6.01. The summed E-state index contributed by atoms with van der Waals surface area (Å²) in [5.74, 6) is -1.87. The molecule has 2 aliphatic rings. The van der Waals surface area contributed by atoms with Crippen molar-refractivity contribution >= 4 is 41.4 Å². The number of anilines is 1. The number of hydrogen-bond acceptors (Lipinski definition) is 10. The van der Waals surface area contributed by atoms with Gasteiger partial charge in [0.05, 0.1) is 71.5 Å². The Morgan fingerprint density at radius 2 is 1.37 bits per heavy atom. The lowest BCUT2D eigenvalue weighted by atomic mass is 9.95. The molecule has 1 N–H and O–H groups in total. The molecule has 0 aromatic heterocycles. The normalized spacial score (nSPS) is 16.3. The predicted molar refractivity (Wildman–Crippen MR) is 179 cm³/mol. The number of hydroxylamine groups is 2. The second kappa shape index (κ2) is 20.2. The smallest absolute Gasteiger partial charge is 0.335 e. The van der Waals surface area contributed by atoms with Crippen molar-refractivity contribution in [3.63, 3.8) is 0 Å². The third-order valence-electron chi connectivity index (χ3n) is 7.87. The summed E-state index contributed by atoms with van der Waals surface area (Å²) in [5, 5.41) is 3.32. The molecule has 13 heteroatoms. The third-order valence-corrected chi connectivity index (χ3v) is 7.87. The highest BCUT2D eigenvalue weighted by Crippen LogP contribution is 2.31. The first-order valence-electron chi connectivity index (χ1n) is 16.6. The molecule has 1 fully saturated rings. The Morgan fingerprint density at radius 3 is 2.08 bits per heavy atom. The molecule has 0 radical (unpaired) electrons. The van der Waals surface area contributed by atoms with E-state index in [1.807, 2.05) is 36.4 Å². The van der Waals surface area contributed by atoms with Crippen LogP contribution in [0.3, 0.4) is 0 Å². The number of hydrogen-bond donors (Lipinski definition) is 1. The van der Waals surface area contributed by atoms with Crippen LogP contribution in [0.15, 0.2) is 54.6 Å². The number of carbonyl (C=O) groups excluding carboxylic acids is 5. The quantitative estimate of drug-likeness (QED) is 0.173. The summed E-state index contributed by atoms with van der Waals surface area (Å²) in [4.78, 5) is 67.0. The van der Waals surface area contributed by atoms with Crippen molar-refractivity contribution in [2.75, 3.05) is 64.3 Å². The zero-order valence-electron chi connectivity index (χ0n) is 27.9. The van der Waals surface area contributed by atoms with Gasteiger partial charge in [-0.05, 0) is 28.7 Å². The number of benzene rings is 2. The maximum atomic E-state index is 13.5. The van der Waals surface area contributed by atoms with Gasteiger partial charge < -0.3 is 34.0 Å². The first-order valence-corrected chi connectivity index (χ1v) is 16.6. The molecule has 2 aromatic carbocycles. The minimum atomic E-state index is -0.713. The Kier molecular flexibility index (Phi) is 15.4. The van der Waals surface area contributed by atoms with Gasteiger partial charge in [-0.25, -0.2) is 4.79 Å². The number of rotatable bonds is 19. The van der Waals surface area contributed by atoms with Crippen LogP contribution in [0, 0.1) is 0 Å². The van der Waals surface area contributed by atoms with Crippen LogP contribution in [0.4, 0.5) is 5.69 Å². The molecule has 1 unspecified atom stereocenters. The number of carbonyl (C=O) groups is 5. The zero-order chi connectivity index (χ0) is 34.8. The summed E-state index contributed by atoms with van der Waals surface area (Å²) in [6.07, 6.45) is 4.39. The first-order chi connectivity index (χ1) is 23.8. The molecule has 0 spiro atoms. The summed E-state index contributed by atoms with van der Waals surface area (Å²) in [6.45, 7) is 5.29. The fourth-order valence-electron chi connectivity index (χ4n) is 5.26. The van der Waals surface area contributed by atoms with E-state index in [2.05, 4.69) is 36.5 Å². The van der Waals surface area contributed by atoms with E-state index < -0.39 is 17.8 Å². The molecule has 1 saturated heterocycles. The molecule has 4 rings (SSSR count). The lowest BCUT2D eigenvalue weighted by molar-refractivity contribution is -0.198. The Balaban J connectivity index is 1.00. The van der Waals surface area contributed by atoms with Crippen LogP contribution in [0.5, 0.6) is 0 Å². The van der Waals surface area contributed by atoms with Crippen LogP contribution in [0.1, 0.15) is 61.6 Å². The predicted octanol–water partition coefficient (Wildman–Crippen LogP) is 3.31. The highest BCUT2D eigenvalue weighted by Gasteiger charge is 2.32. The summed E-state index contributed by atoms with van der Waals surface area (Å²) in [6, 6.07) is 16.0. The summed E-state index contributed by atoms with van der Waals surface area (Å²) in [7, 11) is 0. The Morgan fingerprint density at radius 1 is 0.755 bits per heavy atom. The van der Waals surface area contributed by atoms with E-state index in [-0.39, 0.29) is 63.1 Å². The minimum absolute atomic E-state index is 0.0485. The van der Waals surface area contributed by atoms with Gasteiger partial charge in [0.25, 0.3) is 11.8 Å². The molecule has 49 heavy (non-hydrogen) atoms. The summed E-state index contributed by atoms with van der Waals surface area (Å²) >= 11 is 0. The van der Waals surface area contributed by atoms with Gasteiger partial charge in [0, 0.05) is 32.2 Å². The number of ether oxygens (including phenoxy) is 4. The second-order valence-electron chi connectivity index (χ2n) is 11.5. The molecule has 264 valence electrons. The number of allylic oxidation sites excluding steroid dienone is 1. The highest BCUT2D eigenvalue weighted by atomic mass is 16.7. The van der Waals surface area contributed by atoms with E-state index in [1.165, 1.54) is 5.56 Å². The van der Waals surface area contributed by atoms with Gasteiger partial charge in [-0.2, -0.15) is 0 Å². The number of imide groups is 1. The van der Waals surface area contributed by atoms with Gasteiger partial charge in [0.2, 0.25) is 11.8 Å². The van der Waals surface area contributed by atoms with Crippen LogP contribution < -0.4 is 10.2 Å². The number of nitrogens with one attached hydrogen (secondary N) is 1. The second-order valence-corrected chi connectivity index (χ2v) is 11.5. The van der Waals surface area contributed by atoms with Crippen LogP contribution in [0.25, 0.3) is 6.08 Å². The topological polar surface area (TPSA) is 150 Å². The maximum absolute atomic E-state index is 13.5. The lowest BCUT2D eigenvalue weighted by Gasteiger charge is -2.25.